The lowest BCUT2D eigenvalue weighted by atomic mass is 9.64. The number of hydrogen-bond acceptors (Lipinski definition) is 3. The van der Waals surface area contributed by atoms with Crippen molar-refractivity contribution < 1.29 is 14.6 Å². The molecule has 2 aliphatic rings. The zero-order chi connectivity index (χ0) is 17.0. The number of aliphatic hydroxyl groups is 1. The number of hydrogen-bond donors (Lipinski definition) is 1. The molecular formula is C20H25NO3. The molecule has 1 aromatic rings. The lowest BCUT2D eigenvalue weighted by Crippen LogP contribution is -2.47. The van der Waals surface area contributed by atoms with Crippen molar-refractivity contribution >= 4 is 6.09 Å². The number of rotatable bonds is 2. The Morgan fingerprint density at radius 3 is 2.33 bits per heavy atom. The molecular weight excluding hydrogens is 302 g/mol. The Hall–Kier alpha value is -1.99. The Morgan fingerprint density at radius 1 is 1.12 bits per heavy atom. The number of carbonyl (C=O) groups is 1. The van der Waals surface area contributed by atoms with Crippen LogP contribution in [0.25, 0.3) is 0 Å². The minimum absolute atomic E-state index is 0.232. The number of amides is 1. The summed E-state index contributed by atoms with van der Waals surface area (Å²) in [5, 5.41) is 10.2. The number of ether oxygens (including phenoxy) is 1. The van der Waals surface area contributed by atoms with Gasteiger partial charge in [-0.05, 0) is 49.5 Å². The fraction of sp³-hybridized carbons (Fsp3) is 0.550. The number of benzene rings is 1. The Balaban J connectivity index is 1.47. The summed E-state index contributed by atoms with van der Waals surface area (Å²) in [7, 11) is 0. The van der Waals surface area contributed by atoms with Gasteiger partial charge in [0.1, 0.15) is 12.2 Å². The van der Waals surface area contributed by atoms with Crippen molar-refractivity contribution in [1.82, 2.24) is 4.90 Å². The van der Waals surface area contributed by atoms with Gasteiger partial charge >= 0.3 is 6.09 Å². The smallest absolute Gasteiger partial charge is 0.410 e. The first kappa shape index (κ1) is 16.9. The van der Waals surface area contributed by atoms with Crippen LogP contribution in [0.15, 0.2) is 30.3 Å². The second-order valence-corrected chi connectivity index (χ2v) is 7.20. The van der Waals surface area contributed by atoms with Gasteiger partial charge in [-0.25, -0.2) is 4.79 Å². The summed E-state index contributed by atoms with van der Waals surface area (Å²) in [6.45, 7) is 1.76. The number of terminal acetylenes is 1. The summed E-state index contributed by atoms with van der Waals surface area (Å²) in [6, 6.07) is 9.73. The van der Waals surface area contributed by atoms with E-state index in [1.807, 2.05) is 30.3 Å². The molecule has 3 rings (SSSR count). The average Bonchev–Trinajstić information content (AvgIpc) is 2.64. The molecule has 4 nitrogen and oxygen atoms in total. The van der Waals surface area contributed by atoms with Crippen LogP contribution in [-0.4, -0.2) is 34.8 Å². The van der Waals surface area contributed by atoms with Gasteiger partial charge in [-0.15, -0.1) is 6.42 Å². The van der Waals surface area contributed by atoms with E-state index in [1.165, 1.54) is 0 Å². The van der Waals surface area contributed by atoms with Crippen LogP contribution >= 0.6 is 0 Å². The first-order valence-electron chi connectivity index (χ1n) is 8.70. The van der Waals surface area contributed by atoms with Gasteiger partial charge < -0.3 is 14.7 Å². The number of carbonyl (C=O) groups excluding carboxylic acids is 1. The molecule has 0 aromatic heterocycles. The maximum atomic E-state index is 12.2. The van der Waals surface area contributed by atoms with Crippen molar-refractivity contribution in [2.45, 2.75) is 50.7 Å². The van der Waals surface area contributed by atoms with Gasteiger partial charge in [0.25, 0.3) is 0 Å². The fourth-order valence-corrected chi connectivity index (χ4v) is 3.81. The number of likely N-dealkylation sites (tertiary alicyclic amines) is 1. The van der Waals surface area contributed by atoms with Crippen LogP contribution in [0, 0.1) is 17.8 Å². The van der Waals surface area contributed by atoms with E-state index in [1.54, 1.807) is 4.90 Å². The van der Waals surface area contributed by atoms with Crippen molar-refractivity contribution in [3.63, 3.8) is 0 Å². The lowest BCUT2D eigenvalue weighted by Gasteiger charge is -2.46. The quantitative estimate of drug-likeness (QED) is 0.848. The highest BCUT2D eigenvalue weighted by atomic mass is 16.6. The zero-order valence-corrected chi connectivity index (χ0v) is 14.0. The molecule has 0 bridgehead atoms. The molecule has 1 aliphatic carbocycles. The van der Waals surface area contributed by atoms with E-state index >= 15 is 0 Å². The van der Waals surface area contributed by atoms with Gasteiger partial charge in [-0.1, -0.05) is 36.3 Å². The van der Waals surface area contributed by atoms with E-state index < -0.39 is 5.60 Å². The van der Waals surface area contributed by atoms with E-state index in [0.29, 0.717) is 19.4 Å². The highest BCUT2D eigenvalue weighted by Crippen LogP contribution is 2.47. The van der Waals surface area contributed by atoms with Gasteiger partial charge in [0.05, 0.1) is 0 Å². The minimum atomic E-state index is -0.920. The second kappa shape index (κ2) is 6.86. The van der Waals surface area contributed by atoms with Gasteiger partial charge in [-0.3, -0.25) is 0 Å². The summed E-state index contributed by atoms with van der Waals surface area (Å²) in [5.74, 6) is 2.53. The number of nitrogens with zero attached hydrogens (tertiary/aromatic N) is 1. The SMILES string of the molecule is C#CC1(O)CCC2(CCN(C(=O)OCc3ccccc3)CC2)CC1. The molecule has 4 heteroatoms. The summed E-state index contributed by atoms with van der Waals surface area (Å²) in [5.41, 5.74) is 0.316. The van der Waals surface area contributed by atoms with Crippen molar-refractivity contribution in [1.29, 1.82) is 0 Å². The van der Waals surface area contributed by atoms with E-state index in [0.717, 1.165) is 44.3 Å². The van der Waals surface area contributed by atoms with Crippen LogP contribution in [0.4, 0.5) is 4.79 Å². The molecule has 1 saturated heterocycles. The monoisotopic (exact) mass is 327 g/mol. The first-order valence-corrected chi connectivity index (χ1v) is 8.70. The highest BCUT2D eigenvalue weighted by Gasteiger charge is 2.43. The van der Waals surface area contributed by atoms with Crippen molar-refractivity contribution in [3.05, 3.63) is 35.9 Å². The highest BCUT2D eigenvalue weighted by molar-refractivity contribution is 5.67. The molecule has 24 heavy (non-hydrogen) atoms. The Morgan fingerprint density at radius 2 is 1.75 bits per heavy atom. The van der Waals surface area contributed by atoms with Crippen molar-refractivity contribution in [3.8, 4) is 12.3 Å². The number of piperidine rings is 1. The molecule has 0 atom stereocenters. The third-order valence-corrected chi connectivity index (χ3v) is 5.69. The molecule has 1 aromatic carbocycles. The molecule has 1 heterocycles. The molecule has 1 spiro atoms. The predicted octanol–water partition coefficient (Wildman–Crippen LogP) is 3.34. The summed E-state index contributed by atoms with van der Waals surface area (Å²) < 4.78 is 5.41. The van der Waals surface area contributed by atoms with E-state index in [4.69, 9.17) is 11.2 Å². The third-order valence-electron chi connectivity index (χ3n) is 5.69. The maximum Gasteiger partial charge on any atom is 0.410 e. The third kappa shape index (κ3) is 3.73. The molecule has 1 aliphatic heterocycles. The lowest BCUT2D eigenvalue weighted by molar-refractivity contribution is -0.0172. The van der Waals surface area contributed by atoms with E-state index in [-0.39, 0.29) is 11.5 Å². The fourth-order valence-electron chi connectivity index (χ4n) is 3.81. The molecule has 0 radical (unpaired) electrons. The van der Waals surface area contributed by atoms with Gasteiger partial charge in [-0.2, -0.15) is 0 Å². The second-order valence-electron chi connectivity index (χ2n) is 7.20. The zero-order valence-electron chi connectivity index (χ0n) is 14.0. The van der Waals surface area contributed by atoms with Crippen LogP contribution in [0.2, 0.25) is 0 Å². The van der Waals surface area contributed by atoms with E-state index in [9.17, 15) is 9.90 Å². The Labute approximate surface area is 143 Å². The normalized spacial score (nSPS) is 21.9. The molecule has 1 N–H and O–H groups in total. The van der Waals surface area contributed by atoms with Crippen LogP contribution in [0.5, 0.6) is 0 Å². The van der Waals surface area contributed by atoms with Crippen LogP contribution in [-0.2, 0) is 11.3 Å². The topological polar surface area (TPSA) is 49.8 Å². The molecule has 128 valence electrons. The Bertz CT molecular complexity index is 602. The largest absolute Gasteiger partial charge is 0.445 e. The van der Waals surface area contributed by atoms with E-state index in [2.05, 4.69) is 5.92 Å². The summed E-state index contributed by atoms with van der Waals surface area (Å²) in [6.07, 6.45) is 10.4. The maximum absolute atomic E-state index is 12.2. The predicted molar refractivity (Wildman–Crippen MR) is 92.1 cm³/mol. The molecule has 2 fully saturated rings. The summed E-state index contributed by atoms with van der Waals surface area (Å²) in [4.78, 5) is 14.0. The van der Waals surface area contributed by atoms with Crippen molar-refractivity contribution in [2.75, 3.05) is 13.1 Å². The molecule has 1 amide bonds. The van der Waals surface area contributed by atoms with Gasteiger partial charge in [0.15, 0.2) is 0 Å². The van der Waals surface area contributed by atoms with Crippen molar-refractivity contribution in [2.24, 2.45) is 5.41 Å². The average molecular weight is 327 g/mol. The first-order chi connectivity index (χ1) is 11.5. The van der Waals surface area contributed by atoms with Crippen LogP contribution < -0.4 is 0 Å². The van der Waals surface area contributed by atoms with Gasteiger partial charge in [0, 0.05) is 13.1 Å². The van der Waals surface area contributed by atoms with Crippen LogP contribution in [0.3, 0.4) is 0 Å². The minimum Gasteiger partial charge on any atom is -0.445 e. The van der Waals surface area contributed by atoms with Crippen LogP contribution in [0.1, 0.15) is 44.1 Å². The summed E-state index contributed by atoms with van der Waals surface area (Å²) >= 11 is 0. The van der Waals surface area contributed by atoms with Gasteiger partial charge in [0.2, 0.25) is 0 Å². The Kier molecular flexibility index (Phi) is 4.82. The molecule has 1 saturated carbocycles. The molecule has 0 unspecified atom stereocenters. The standard InChI is InChI=1S/C20H25NO3/c1-2-20(23)10-8-19(9-11-20)12-14-21(15-13-19)18(22)24-16-17-6-4-3-5-7-17/h1,3-7,23H,8-16H2.